The SMILES string of the molecule is c1ccn2c3c(cc2c1)NCNC3. The zero-order valence-corrected chi connectivity index (χ0v) is 7.25. The van der Waals surface area contributed by atoms with Gasteiger partial charge < -0.3 is 9.72 Å². The van der Waals surface area contributed by atoms with Gasteiger partial charge in [0.05, 0.1) is 18.1 Å². The second-order valence-electron chi connectivity index (χ2n) is 3.28. The normalized spacial score (nSPS) is 15.4. The van der Waals surface area contributed by atoms with Gasteiger partial charge in [-0.05, 0) is 18.2 Å². The van der Waals surface area contributed by atoms with Gasteiger partial charge in [0.25, 0.3) is 0 Å². The van der Waals surface area contributed by atoms with Crippen LogP contribution in [0.1, 0.15) is 5.69 Å². The minimum Gasteiger partial charge on any atom is -0.371 e. The van der Waals surface area contributed by atoms with Crippen LogP contribution >= 0.6 is 0 Å². The van der Waals surface area contributed by atoms with Crippen LogP contribution in [0.2, 0.25) is 0 Å². The van der Waals surface area contributed by atoms with Crippen LogP contribution in [0.5, 0.6) is 0 Å². The molecule has 0 fully saturated rings. The van der Waals surface area contributed by atoms with Crippen molar-refractivity contribution in [2.75, 3.05) is 12.0 Å². The van der Waals surface area contributed by atoms with E-state index in [-0.39, 0.29) is 0 Å². The lowest BCUT2D eigenvalue weighted by Gasteiger charge is -2.15. The van der Waals surface area contributed by atoms with Crippen molar-refractivity contribution in [1.82, 2.24) is 9.72 Å². The summed E-state index contributed by atoms with van der Waals surface area (Å²) in [4.78, 5) is 0. The van der Waals surface area contributed by atoms with Gasteiger partial charge in [0.2, 0.25) is 0 Å². The Kier molecular flexibility index (Phi) is 1.34. The fourth-order valence-electron chi connectivity index (χ4n) is 1.85. The Hall–Kier alpha value is -1.48. The molecule has 0 spiro atoms. The highest BCUT2D eigenvalue weighted by molar-refractivity contribution is 5.65. The fraction of sp³-hybridized carbons (Fsp3) is 0.200. The van der Waals surface area contributed by atoms with E-state index in [2.05, 4.69) is 45.5 Å². The van der Waals surface area contributed by atoms with Crippen molar-refractivity contribution < 1.29 is 0 Å². The van der Waals surface area contributed by atoms with Gasteiger partial charge in [0.15, 0.2) is 0 Å². The van der Waals surface area contributed by atoms with E-state index < -0.39 is 0 Å². The van der Waals surface area contributed by atoms with Crippen LogP contribution in [0.15, 0.2) is 30.5 Å². The minimum atomic E-state index is 0.865. The zero-order valence-electron chi connectivity index (χ0n) is 7.25. The quantitative estimate of drug-likeness (QED) is 0.630. The molecular formula is C10H11N3. The molecule has 0 saturated carbocycles. The smallest absolute Gasteiger partial charge is 0.0656 e. The summed E-state index contributed by atoms with van der Waals surface area (Å²) < 4.78 is 2.22. The molecule has 3 heterocycles. The molecule has 0 aliphatic carbocycles. The maximum absolute atomic E-state index is 3.32. The Morgan fingerprint density at radius 3 is 3.31 bits per heavy atom. The maximum Gasteiger partial charge on any atom is 0.0656 e. The summed E-state index contributed by atoms with van der Waals surface area (Å²) in [5, 5.41) is 6.61. The molecule has 0 radical (unpaired) electrons. The van der Waals surface area contributed by atoms with E-state index >= 15 is 0 Å². The summed E-state index contributed by atoms with van der Waals surface area (Å²) in [6.07, 6.45) is 2.10. The largest absolute Gasteiger partial charge is 0.371 e. The average Bonchev–Trinajstić information content (AvgIpc) is 2.56. The molecule has 1 aliphatic heterocycles. The first-order valence-electron chi connectivity index (χ1n) is 4.49. The van der Waals surface area contributed by atoms with Gasteiger partial charge >= 0.3 is 0 Å². The summed E-state index contributed by atoms with van der Waals surface area (Å²) >= 11 is 0. The average molecular weight is 173 g/mol. The van der Waals surface area contributed by atoms with Gasteiger partial charge in [-0.25, -0.2) is 0 Å². The van der Waals surface area contributed by atoms with E-state index in [1.165, 1.54) is 16.9 Å². The number of nitrogens with zero attached hydrogens (tertiary/aromatic N) is 1. The number of fused-ring (bicyclic) bond motifs is 3. The number of pyridine rings is 1. The Morgan fingerprint density at radius 1 is 1.31 bits per heavy atom. The highest BCUT2D eigenvalue weighted by atomic mass is 15.1. The Balaban J connectivity index is 2.34. The van der Waals surface area contributed by atoms with Gasteiger partial charge in [-0.15, -0.1) is 0 Å². The highest BCUT2D eigenvalue weighted by Crippen LogP contribution is 2.22. The van der Waals surface area contributed by atoms with Crippen LogP contribution in [0.3, 0.4) is 0 Å². The molecule has 2 N–H and O–H groups in total. The third-order valence-electron chi connectivity index (χ3n) is 2.48. The van der Waals surface area contributed by atoms with Crippen molar-refractivity contribution in [2.24, 2.45) is 0 Å². The summed E-state index contributed by atoms with van der Waals surface area (Å²) in [5.41, 5.74) is 3.83. The van der Waals surface area contributed by atoms with Crippen LogP contribution in [0.25, 0.3) is 5.52 Å². The van der Waals surface area contributed by atoms with Crippen molar-refractivity contribution in [3.05, 3.63) is 36.2 Å². The third kappa shape index (κ3) is 0.939. The molecule has 0 amide bonds. The van der Waals surface area contributed by atoms with Crippen LogP contribution < -0.4 is 10.6 Å². The molecule has 0 bridgehead atoms. The van der Waals surface area contributed by atoms with Crippen LogP contribution in [0.4, 0.5) is 5.69 Å². The van der Waals surface area contributed by atoms with Gasteiger partial charge in [-0.2, -0.15) is 0 Å². The lowest BCUT2D eigenvalue weighted by molar-refractivity contribution is 0.688. The van der Waals surface area contributed by atoms with Gasteiger partial charge in [0, 0.05) is 18.3 Å². The Morgan fingerprint density at radius 2 is 2.31 bits per heavy atom. The van der Waals surface area contributed by atoms with Crippen molar-refractivity contribution in [3.63, 3.8) is 0 Å². The predicted octanol–water partition coefficient (Wildman–Crippen LogP) is 1.41. The molecule has 66 valence electrons. The van der Waals surface area contributed by atoms with E-state index in [1.54, 1.807) is 0 Å². The topological polar surface area (TPSA) is 28.5 Å². The first-order valence-corrected chi connectivity index (χ1v) is 4.49. The van der Waals surface area contributed by atoms with Crippen LogP contribution in [-0.4, -0.2) is 11.1 Å². The van der Waals surface area contributed by atoms with Crippen molar-refractivity contribution in [3.8, 4) is 0 Å². The zero-order chi connectivity index (χ0) is 8.67. The molecule has 0 atom stereocenters. The second kappa shape index (κ2) is 2.50. The number of hydrogen-bond donors (Lipinski definition) is 2. The molecular weight excluding hydrogens is 162 g/mol. The fourth-order valence-corrected chi connectivity index (χ4v) is 1.85. The lowest BCUT2D eigenvalue weighted by atomic mass is 10.3. The monoisotopic (exact) mass is 173 g/mol. The molecule has 1 aliphatic rings. The number of nitrogens with one attached hydrogen (secondary N) is 2. The minimum absolute atomic E-state index is 0.865. The molecule has 3 heteroatoms. The van der Waals surface area contributed by atoms with Gasteiger partial charge in [0.1, 0.15) is 0 Å². The molecule has 2 aromatic rings. The number of aromatic nitrogens is 1. The van der Waals surface area contributed by atoms with E-state index in [1.807, 2.05) is 0 Å². The van der Waals surface area contributed by atoms with Crippen LogP contribution in [-0.2, 0) is 6.54 Å². The standard InChI is InChI=1S/C10H11N3/c1-2-4-13-8(3-1)5-9-10(13)6-11-7-12-9/h1-5,11-12H,6-7H2. The molecule has 3 rings (SSSR count). The summed E-state index contributed by atoms with van der Waals surface area (Å²) in [6.45, 7) is 1.81. The molecule has 0 unspecified atom stereocenters. The maximum atomic E-state index is 3.32. The van der Waals surface area contributed by atoms with Crippen molar-refractivity contribution in [1.29, 1.82) is 0 Å². The highest BCUT2D eigenvalue weighted by Gasteiger charge is 2.11. The molecule has 0 aromatic carbocycles. The van der Waals surface area contributed by atoms with Gasteiger partial charge in [-0.3, -0.25) is 5.32 Å². The number of rotatable bonds is 0. The number of hydrogen-bond acceptors (Lipinski definition) is 2. The Labute approximate surface area is 76.4 Å². The lowest BCUT2D eigenvalue weighted by Crippen LogP contribution is -2.27. The van der Waals surface area contributed by atoms with E-state index in [0.29, 0.717) is 0 Å². The molecule has 13 heavy (non-hydrogen) atoms. The summed E-state index contributed by atoms with van der Waals surface area (Å²) in [7, 11) is 0. The second-order valence-corrected chi connectivity index (χ2v) is 3.28. The van der Waals surface area contributed by atoms with E-state index in [9.17, 15) is 0 Å². The van der Waals surface area contributed by atoms with Crippen LogP contribution in [0, 0.1) is 0 Å². The van der Waals surface area contributed by atoms with Crippen molar-refractivity contribution in [2.45, 2.75) is 6.54 Å². The van der Waals surface area contributed by atoms with E-state index in [0.717, 1.165) is 13.2 Å². The molecule has 2 aromatic heterocycles. The first-order chi connectivity index (χ1) is 6.45. The predicted molar refractivity (Wildman–Crippen MR) is 52.7 cm³/mol. The number of anilines is 1. The Bertz CT molecular complexity index is 444. The molecule has 0 saturated heterocycles. The first kappa shape index (κ1) is 6.97. The van der Waals surface area contributed by atoms with Gasteiger partial charge in [-0.1, -0.05) is 6.07 Å². The summed E-state index contributed by atoms with van der Waals surface area (Å²) in [6, 6.07) is 8.44. The summed E-state index contributed by atoms with van der Waals surface area (Å²) in [5.74, 6) is 0. The third-order valence-corrected chi connectivity index (χ3v) is 2.48. The van der Waals surface area contributed by atoms with E-state index in [4.69, 9.17) is 0 Å². The molecule has 3 nitrogen and oxygen atoms in total. The van der Waals surface area contributed by atoms with Crippen molar-refractivity contribution >= 4 is 11.2 Å².